The maximum absolute atomic E-state index is 13.1. The molecule has 0 atom stereocenters. The van der Waals surface area contributed by atoms with Crippen LogP contribution in [0, 0.1) is 5.82 Å². The average Bonchev–Trinajstić information content (AvgIpc) is 2.26. The highest BCUT2D eigenvalue weighted by Gasteiger charge is 2.29. The third kappa shape index (κ3) is 3.41. The third-order valence-electron chi connectivity index (χ3n) is 2.83. The van der Waals surface area contributed by atoms with Crippen molar-refractivity contribution in [3.05, 3.63) is 29.0 Å². The lowest BCUT2D eigenvalue weighted by Gasteiger charge is -2.25. The van der Waals surface area contributed by atoms with E-state index in [0.717, 1.165) is 0 Å². The summed E-state index contributed by atoms with van der Waals surface area (Å²) in [6.07, 6.45) is 1.02. The molecule has 1 amide bonds. The van der Waals surface area contributed by atoms with Crippen LogP contribution in [0.25, 0.3) is 0 Å². The molecule has 0 fully saturated rings. The van der Waals surface area contributed by atoms with E-state index in [1.165, 1.54) is 18.2 Å². The quantitative estimate of drug-likeness (QED) is 0.872. The molecule has 0 saturated carbocycles. The number of nitrogens with one attached hydrogen (secondary N) is 1. The number of hydrogen-bond donors (Lipinski definition) is 2. The number of carbonyl (C=O) groups excluding carboxylic acids is 1. The molecule has 0 saturated heterocycles. The fourth-order valence-corrected chi connectivity index (χ4v) is 1.67. The summed E-state index contributed by atoms with van der Waals surface area (Å²) in [6, 6.07) is 3.86. The van der Waals surface area contributed by atoms with Crippen LogP contribution in [-0.4, -0.2) is 11.4 Å². The topological polar surface area (TPSA) is 55.1 Å². The van der Waals surface area contributed by atoms with Crippen molar-refractivity contribution >= 4 is 23.2 Å². The van der Waals surface area contributed by atoms with E-state index in [-0.39, 0.29) is 10.9 Å². The summed E-state index contributed by atoms with van der Waals surface area (Å²) in [6.45, 7) is 3.67. The maximum Gasteiger partial charge on any atom is 0.244 e. The van der Waals surface area contributed by atoms with Crippen LogP contribution < -0.4 is 11.1 Å². The van der Waals surface area contributed by atoms with Gasteiger partial charge in [-0.2, -0.15) is 0 Å². The van der Waals surface area contributed by atoms with Crippen LogP contribution in [-0.2, 0) is 4.79 Å². The minimum Gasteiger partial charge on any atom is -0.324 e. The molecule has 17 heavy (non-hydrogen) atoms. The Morgan fingerprint density at radius 2 is 2.00 bits per heavy atom. The predicted octanol–water partition coefficient (Wildman–Crippen LogP) is 2.94. The lowest BCUT2D eigenvalue weighted by molar-refractivity contribution is -0.121. The number of halogens is 2. The van der Waals surface area contributed by atoms with Crippen molar-refractivity contribution in [3.63, 3.8) is 0 Å². The average molecular weight is 259 g/mol. The number of carbonyl (C=O) groups is 1. The summed E-state index contributed by atoms with van der Waals surface area (Å²) in [5.74, 6) is -0.826. The molecule has 0 aliphatic heterocycles. The van der Waals surface area contributed by atoms with Gasteiger partial charge < -0.3 is 11.1 Å². The van der Waals surface area contributed by atoms with Crippen molar-refractivity contribution < 1.29 is 9.18 Å². The summed E-state index contributed by atoms with van der Waals surface area (Å²) in [4.78, 5) is 11.9. The molecule has 0 heterocycles. The highest BCUT2D eigenvalue weighted by atomic mass is 35.5. The normalized spacial score (nSPS) is 11.4. The van der Waals surface area contributed by atoms with Crippen molar-refractivity contribution in [2.75, 3.05) is 5.32 Å². The summed E-state index contributed by atoms with van der Waals surface area (Å²) >= 11 is 5.69. The monoisotopic (exact) mass is 258 g/mol. The second kappa shape index (κ2) is 5.47. The Hall–Kier alpha value is -1.13. The first-order valence-corrected chi connectivity index (χ1v) is 5.85. The molecule has 0 aliphatic rings. The summed E-state index contributed by atoms with van der Waals surface area (Å²) in [7, 11) is 0. The molecular formula is C12H16ClFN2O. The zero-order chi connectivity index (χ0) is 13.1. The van der Waals surface area contributed by atoms with E-state index in [1.807, 2.05) is 13.8 Å². The van der Waals surface area contributed by atoms with Gasteiger partial charge in [-0.15, -0.1) is 0 Å². The van der Waals surface area contributed by atoms with Crippen LogP contribution >= 0.6 is 11.6 Å². The number of nitrogens with two attached hydrogens (primary N) is 1. The van der Waals surface area contributed by atoms with Crippen LogP contribution in [0.5, 0.6) is 0 Å². The molecule has 0 unspecified atom stereocenters. The zero-order valence-corrected chi connectivity index (χ0v) is 10.6. The molecule has 0 radical (unpaired) electrons. The molecule has 1 aromatic rings. The molecule has 0 aliphatic carbocycles. The Labute approximate surface area is 105 Å². The van der Waals surface area contributed by atoms with Crippen molar-refractivity contribution in [1.82, 2.24) is 0 Å². The van der Waals surface area contributed by atoms with Gasteiger partial charge in [0, 0.05) is 10.7 Å². The van der Waals surface area contributed by atoms with Crippen LogP contribution in [0.4, 0.5) is 10.1 Å². The van der Waals surface area contributed by atoms with Crippen LogP contribution in [0.3, 0.4) is 0 Å². The number of anilines is 1. The summed E-state index contributed by atoms with van der Waals surface area (Å²) in [5.41, 5.74) is 5.31. The van der Waals surface area contributed by atoms with Crippen LogP contribution in [0.1, 0.15) is 26.7 Å². The molecule has 1 aromatic carbocycles. The van der Waals surface area contributed by atoms with E-state index >= 15 is 0 Å². The zero-order valence-electron chi connectivity index (χ0n) is 9.89. The first-order chi connectivity index (χ1) is 7.91. The van der Waals surface area contributed by atoms with E-state index in [9.17, 15) is 9.18 Å². The number of hydrogen-bond acceptors (Lipinski definition) is 2. The fraction of sp³-hybridized carbons (Fsp3) is 0.417. The predicted molar refractivity (Wildman–Crippen MR) is 67.5 cm³/mol. The molecule has 3 N–H and O–H groups in total. The molecule has 5 heteroatoms. The molecule has 0 spiro atoms. The third-order valence-corrected chi connectivity index (χ3v) is 3.05. The second-order valence-electron chi connectivity index (χ2n) is 3.98. The van der Waals surface area contributed by atoms with E-state index < -0.39 is 11.4 Å². The van der Waals surface area contributed by atoms with Crippen molar-refractivity contribution in [3.8, 4) is 0 Å². The Bertz CT molecular complexity index is 399. The highest BCUT2D eigenvalue weighted by Crippen LogP contribution is 2.20. The van der Waals surface area contributed by atoms with Crippen molar-refractivity contribution in [2.45, 2.75) is 32.2 Å². The summed E-state index contributed by atoms with van der Waals surface area (Å²) in [5, 5.41) is 2.81. The van der Waals surface area contributed by atoms with Crippen molar-refractivity contribution in [2.24, 2.45) is 5.73 Å². The van der Waals surface area contributed by atoms with Gasteiger partial charge in [0.1, 0.15) is 5.82 Å². The minimum absolute atomic E-state index is 0.232. The Kier molecular flexibility index (Phi) is 4.48. The fourth-order valence-electron chi connectivity index (χ4n) is 1.45. The van der Waals surface area contributed by atoms with Crippen molar-refractivity contribution in [1.29, 1.82) is 0 Å². The van der Waals surface area contributed by atoms with E-state index in [2.05, 4.69) is 5.32 Å². The van der Waals surface area contributed by atoms with E-state index in [4.69, 9.17) is 17.3 Å². The molecule has 94 valence electrons. The van der Waals surface area contributed by atoms with Gasteiger partial charge in [0.15, 0.2) is 0 Å². The van der Waals surface area contributed by atoms with Crippen LogP contribution in [0.2, 0.25) is 5.02 Å². The Morgan fingerprint density at radius 1 is 1.41 bits per heavy atom. The van der Waals surface area contributed by atoms with Gasteiger partial charge in [-0.1, -0.05) is 25.4 Å². The van der Waals surface area contributed by atoms with Crippen LogP contribution in [0.15, 0.2) is 18.2 Å². The lowest BCUT2D eigenvalue weighted by atomic mass is 9.93. The standard InChI is InChI=1S/C12H16ClFN2O/c1-3-12(15,4-2)11(17)16-10-6-8(13)5-9(14)7-10/h5-7H,3-4,15H2,1-2H3,(H,16,17). The second-order valence-corrected chi connectivity index (χ2v) is 4.41. The molecule has 3 nitrogen and oxygen atoms in total. The number of rotatable bonds is 4. The van der Waals surface area contributed by atoms with Gasteiger partial charge in [0.2, 0.25) is 5.91 Å². The largest absolute Gasteiger partial charge is 0.324 e. The maximum atomic E-state index is 13.1. The Morgan fingerprint density at radius 3 is 2.47 bits per heavy atom. The SMILES string of the molecule is CCC(N)(CC)C(=O)Nc1cc(F)cc(Cl)c1. The first-order valence-electron chi connectivity index (χ1n) is 5.47. The van der Waals surface area contributed by atoms with Gasteiger partial charge in [0.25, 0.3) is 0 Å². The lowest BCUT2D eigenvalue weighted by Crippen LogP contribution is -2.50. The van der Waals surface area contributed by atoms with E-state index in [0.29, 0.717) is 18.5 Å². The molecule has 1 rings (SSSR count). The van der Waals surface area contributed by atoms with E-state index in [1.54, 1.807) is 0 Å². The summed E-state index contributed by atoms with van der Waals surface area (Å²) < 4.78 is 13.1. The smallest absolute Gasteiger partial charge is 0.244 e. The van der Waals surface area contributed by atoms with Gasteiger partial charge >= 0.3 is 0 Å². The first kappa shape index (κ1) is 13.9. The number of benzene rings is 1. The highest BCUT2D eigenvalue weighted by molar-refractivity contribution is 6.30. The van der Waals surface area contributed by atoms with Gasteiger partial charge in [0.05, 0.1) is 5.54 Å². The minimum atomic E-state index is -0.932. The molecule has 0 aromatic heterocycles. The van der Waals surface area contributed by atoms with Gasteiger partial charge in [-0.3, -0.25) is 4.79 Å². The molecular weight excluding hydrogens is 243 g/mol. The molecule has 0 bridgehead atoms. The number of amides is 1. The van der Waals surface area contributed by atoms with Gasteiger partial charge in [-0.25, -0.2) is 4.39 Å². The Balaban J connectivity index is 2.87. The van der Waals surface area contributed by atoms with Gasteiger partial charge in [-0.05, 0) is 31.0 Å².